The van der Waals surface area contributed by atoms with E-state index in [-0.39, 0.29) is 5.41 Å². The molecule has 1 aliphatic heterocycles. The van der Waals surface area contributed by atoms with Crippen LogP contribution < -0.4 is 20.7 Å². The predicted octanol–water partition coefficient (Wildman–Crippen LogP) is 12.5. The van der Waals surface area contributed by atoms with E-state index in [9.17, 15) is 0 Å². The molecular weight excluding hydrogens is 867 g/mol. The SMILES string of the molecule is CCC1(C)C2=Cc3c(-c4cc([Si](C)(C)C)cc([Si](C)(C)C)c4)cccc3[CH]2[Hf]([CH3])([CH3])[CH]2C1=Cc1c(-c3cc([Si](C)(C)C)cc([Si](C)(C)C)c3)cccc12. The Bertz CT molecular complexity index is 1990. The van der Waals surface area contributed by atoms with Crippen molar-refractivity contribution in [3.63, 3.8) is 0 Å². The van der Waals surface area contributed by atoms with Crippen LogP contribution in [0.5, 0.6) is 0 Å². The van der Waals surface area contributed by atoms with Crippen molar-refractivity contribution in [3.05, 3.63) is 106 Å². The normalized spacial score (nSPS) is 22.1. The van der Waals surface area contributed by atoms with Gasteiger partial charge in [-0.1, -0.05) is 0 Å². The summed E-state index contributed by atoms with van der Waals surface area (Å²) >= 11 is -3.18. The maximum atomic E-state index is 2.81. The Morgan fingerprint density at radius 1 is 0.509 bits per heavy atom. The third-order valence-electron chi connectivity index (χ3n) is 13.5. The van der Waals surface area contributed by atoms with Gasteiger partial charge < -0.3 is 0 Å². The van der Waals surface area contributed by atoms with E-state index in [1.54, 1.807) is 43.0 Å². The molecule has 1 fully saturated rings. The maximum absolute atomic E-state index is 3.18. The average Bonchev–Trinajstić information content (AvgIpc) is 3.67. The molecule has 4 aromatic rings. The first-order valence-corrected chi connectivity index (χ1v) is 45.7. The summed E-state index contributed by atoms with van der Waals surface area (Å²) in [6, 6.07) is 30.3. The number of rotatable bonds is 7. The number of allylic oxidation sites excluding steroid dienone is 2. The summed E-state index contributed by atoms with van der Waals surface area (Å²) in [7, 11) is -6.02. The van der Waals surface area contributed by atoms with E-state index < -0.39 is 52.3 Å². The van der Waals surface area contributed by atoms with Crippen molar-refractivity contribution in [1.29, 1.82) is 0 Å². The molecule has 3 aliphatic rings. The van der Waals surface area contributed by atoms with E-state index in [2.05, 4.69) is 187 Å². The molecule has 0 nitrogen and oxygen atoms in total. The monoisotopic (exact) mass is 934 g/mol. The van der Waals surface area contributed by atoms with Gasteiger partial charge in [-0.2, -0.15) is 0 Å². The summed E-state index contributed by atoms with van der Waals surface area (Å²) in [6.45, 7) is 35.3. The fourth-order valence-electron chi connectivity index (χ4n) is 9.91. The molecule has 2 aliphatic carbocycles. The molecule has 53 heavy (non-hydrogen) atoms. The molecule has 2 atom stereocenters. The van der Waals surface area contributed by atoms with E-state index in [1.165, 1.54) is 33.4 Å². The molecule has 4 aromatic carbocycles. The van der Waals surface area contributed by atoms with Crippen LogP contribution in [0.2, 0.25) is 87.9 Å². The van der Waals surface area contributed by atoms with Crippen LogP contribution in [0.1, 0.15) is 49.9 Å². The minimum atomic E-state index is -3.18. The van der Waals surface area contributed by atoms with Gasteiger partial charge in [0, 0.05) is 0 Å². The van der Waals surface area contributed by atoms with Crippen molar-refractivity contribution in [2.75, 3.05) is 0 Å². The molecular formula is C48H66HfSi4. The van der Waals surface area contributed by atoms with Crippen molar-refractivity contribution in [2.24, 2.45) is 5.41 Å². The van der Waals surface area contributed by atoms with E-state index in [1.807, 2.05) is 0 Å². The van der Waals surface area contributed by atoms with E-state index in [4.69, 9.17) is 0 Å². The summed E-state index contributed by atoms with van der Waals surface area (Å²) in [6.07, 6.45) is 6.60. The quantitative estimate of drug-likeness (QED) is 0.162. The van der Waals surface area contributed by atoms with Crippen molar-refractivity contribution in [3.8, 4) is 22.3 Å². The number of benzene rings is 4. The molecule has 5 heteroatoms. The van der Waals surface area contributed by atoms with E-state index in [0.29, 0.717) is 7.35 Å². The van der Waals surface area contributed by atoms with Gasteiger partial charge in [0.05, 0.1) is 0 Å². The third-order valence-corrected chi connectivity index (χ3v) is 36.8. The number of hydrogen-bond donors (Lipinski definition) is 0. The van der Waals surface area contributed by atoms with Gasteiger partial charge in [-0.3, -0.25) is 0 Å². The summed E-state index contributed by atoms with van der Waals surface area (Å²) in [4.78, 5) is 0. The number of fused-ring (bicyclic) bond motifs is 6. The zero-order valence-electron chi connectivity index (χ0n) is 35.9. The number of hydrogen-bond acceptors (Lipinski definition) is 0. The molecule has 0 N–H and O–H groups in total. The van der Waals surface area contributed by atoms with Crippen LogP contribution >= 0.6 is 0 Å². The Hall–Kier alpha value is -1.90. The van der Waals surface area contributed by atoms with Crippen LogP contribution in [0.3, 0.4) is 0 Å². The molecule has 7 rings (SSSR count). The first-order chi connectivity index (χ1) is 24.4. The van der Waals surface area contributed by atoms with Gasteiger partial charge in [-0.25, -0.2) is 0 Å². The van der Waals surface area contributed by atoms with Crippen molar-refractivity contribution >= 4 is 65.2 Å². The zero-order chi connectivity index (χ0) is 38.8. The fraction of sp³-hybridized carbons (Fsp3) is 0.417. The summed E-state index contributed by atoms with van der Waals surface area (Å²) in [5.41, 5.74) is 15.7. The summed E-state index contributed by atoms with van der Waals surface area (Å²) in [5, 5.41) is 6.41. The molecule has 2 unspecified atom stereocenters. The standard InChI is InChI=1S/C46H60Si4.2CH3.Hf/c1-15-46(2,36-22-32-18-16-20-42(44(32)28-36)34-24-38(47(3,4)5)30-39(25-34)48(6,7)8)37-23-33-19-17-21-43(45(33)29-37)35-26-40(49(9,10)11)31-41(27-35)50(12,13)14;;;/h16-31H,15H2,1-14H3;2*1H3;. The Morgan fingerprint density at radius 3 is 1.11 bits per heavy atom. The van der Waals surface area contributed by atoms with Crippen LogP contribution in [0.15, 0.2) is 83.9 Å². The van der Waals surface area contributed by atoms with Gasteiger partial charge >= 0.3 is 335 Å². The van der Waals surface area contributed by atoms with Crippen LogP contribution in [0, 0.1) is 5.41 Å². The molecule has 1 heterocycles. The Labute approximate surface area is 332 Å². The topological polar surface area (TPSA) is 0 Å². The van der Waals surface area contributed by atoms with Gasteiger partial charge in [0.25, 0.3) is 0 Å². The summed E-state index contributed by atoms with van der Waals surface area (Å²) in [5.74, 6) is 0. The molecule has 0 saturated carbocycles. The third kappa shape index (κ3) is 6.54. The molecule has 278 valence electrons. The van der Waals surface area contributed by atoms with Crippen LogP contribution in [-0.4, -0.2) is 32.3 Å². The fourth-order valence-corrected chi connectivity index (χ4v) is 32.3. The molecule has 0 spiro atoms. The first kappa shape index (κ1) is 39.3. The van der Waals surface area contributed by atoms with Gasteiger partial charge in [0.1, 0.15) is 0 Å². The molecule has 0 aromatic heterocycles. The average molecular weight is 934 g/mol. The predicted molar refractivity (Wildman–Crippen MR) is 247 cm³/mol. The second-order valence-corrected chi connectivity index (χ2v) is 59.3. The minimum absolute atomic E-state index is 0.0464. The summed E-state index contributed by atoms with van der Waals surface area (Å²) < 4.78 is 6.83. The zero-order valence-corrected chi connectivity index (χ0v) is 43.5. The van der Waals surface area contributed by atoms with Crippen molar-refractivity contribution in [1.82, 2.24) is 0 Å². The second kappa shape index (κ2) is 12.8. The van der Waals surface area contributed by atoms with E-state index in [0.717, 1.165) is 6.42 Å². The Kier molecular flexibility index (Phi) is 9.51. The second-order valence-electron chi connectivity index (χ2n) is 21.8. The van der Waals surface area contributed by atoms with Gasteiger partial charge in [-0.05, 0) is 0 Å². The van der Waals surface area contributed by atoms with Crippen LogP contribution in [0.4, 0.5) is 0 Å². The van der Waals surface area contributed by atoms with Crippen molar-refractivity contribution < 1.29 is 20.0 Å². The molecule has 1 saturated heterocycles. The molecule has 0 bridgehead atoms. The Morgan fingerprint density at radius 2 is 0.830 bits per heavy atom. The van der Waals surface area contributed by atoms with Crippen LogP contribution in [0.25, 0.3) is 34.4 Å². The Balaban J connectivity index is 1.43. The van der Waals surface area contributed by atoms with Gasteiger partial charge in [0.15, 0.2) is 0 Å². The van der Waals surface area contributed by atoms with Crippen LogP contribution in [-0.2, 0) is 20.0 Å². The van der Waals surface area contributed by atoms with Crippen molar-refractivity contribution in [2.45, 2.75) is 116 Å². The van der Waals surface area contributed by atoms with Gasteiger partial charge in [-0.15, -0.1) is 0 Å². The van der Waals surface area contributed by atoms with E-state index >= 15 is 0 Å². The van der Waals surface area contributed by atoms with Gasteiger partial charge in [0.2, 0.25) is 0 Å². The molecule has 0 radical (unpaired) electrons. The first-order valence-electron chi connectivity index (χ1n) is 20.4. The molecule has 0 amide bonds.